The van der Waals surface area contributed by atoms with Gasteiger partial charge in [-0.3, -0.25) is 4.79 Å². The summed E-state index contributed by atoms with van der Waals surface area (Å²) in [6.45, 7) is 5.87. The van der Waals surface area contributed by atoms with Gasteiger partial charge in [-0.1, -0.05) is 13.3 Å². The van der Waals surface area contributed by atoms with Crippen LogP contribution in [-0.2, 0) is 9.53 Å². The fraction of sp³-hybridized carbons (Fsp3) is 0.929. The van der Waals surface area contributed by atoms with Gasteiger partial charge in [0.25, 0.3) is 0 Å². The Balaban J connectivity index is 1.96. The summed E-state index contributed by atoms with van der Waals surface area (Å²) >= 11 is 0. The molecule has 0 saturated carbocycles. The molecule has 1 rings (SSSR count). The van der Waals surface area contributed by atoms with E-state index in [-0.39, 0.29) is 5.92 Å². The van der Waals surface area contributed by atoms with Crippen LogP contribution in [0.25, 0.3) is 0 Å². The fourth-order valence-corrected chi connectivity index (χ4v) is 2.32. The van der Waals surface area contributed by atoms with Gasteiger partial charge in [-0.15, -0.1) is 0 Å². The van der Waals surface area contributed by atoms with Gasteiger partial charge in [0.15, 0.2) is 0 Å². The van der Waals surface area contributed by atoms with E-state index in [1.807, 2.05) is 0 Å². The lowest BCUT2D eigenvalue weighted by Crippen LogP contribution is -2.29. The minimum Gasteiger partial charge on any atom is -0.481 e. The van der Waals surface area contributed by atoms with Crippen molar-refractivity contribution in [2.24, 2.45) is 5.92 Å². The van der Waals surface area contributed by atoms with E-state index in [2.05, 4.69) is 12.2 Å². The summed E-state index contributed by atoms with van der Waals surface area (Å²) in [5, 5.41) is 12.3. The zero-order valence-electron chi connectivity index (χ0n) is 11.7. The van der Waals surface area contributed by atoms with Crippen LogP contribution in [0.5, 0.6) is 0 Å². The molecule has 18 heavy (non-hydrogen) atoms. The number of carboxylic acid groups (broad SMARTS) is 1. The van der Waals surface area contributed by atoms with Gasteiger partial charge in [-0.25, -0.2) is 0 Å². The highest BCUT2D eigenvalue weighted by Crippen LogP contribution is 2.15. The monoisotopic (exact) mass is 257 g/mol. The lowest BCUT2D eigenvalue weighted by Gasteiger charge is -2.16. The lowest BCUT2D eigenvalue weighted by molar-refractivity contribution is -0.141. The van der Waals surface area contributed by atoms with Crippen LogP contribution in [0.1, 0.15) is 52.4 Å². The van der Waals surface area contributed by atoms with E-state index >= 15 is 0 Å². The number of ether oxygens (including phenoxy) is 1. The van der Waals surface area contributed by atoms with Gasteiger partial charge < -0.3 is 15.2 Å². The molecule has 0 aliphatic carbocycles. The zero-order valence-corrected chi connectivity index (χ0v) is 11.7. The van der Waals surface area contributed by atoms with Crippen molar-refractivity contribution in [2.45, 2.75) is 64.5 Å². The maximum atomic E-state index is 10.7. The first-order valence-electron chi connectivity index (χ1n) is 7.17. The Morgan fingerprint density at radius 3 is 2.83 bits per heavy atom. The third-order valence-electron chi connectivity index (χ3n) is 3.68. The third-order valence-corrected chi connectivity index (χ3v) is 3.68. The SMILES string of the molecule is CC(CCCC(C)C(=O)O)NCCC1CCCO1. The highest BCUT2D eigenvalue weighted by Gasteiger charge is 2.15. The van der Waals surface area contributed by atoms with Crippen LogP contribution < -0.4 is 5.32 Å². The summed E-state index contributed by atoms with van der Waals surface area (Å²) in [5.41, 5.74) is 0. The summed E-state index contributed by atoms with van der Waals surface area (Å²) in [5.74, 6) is -0.905. The molecular formula is C14H27NO3. The second kappa shape index (κ2) is 8.48. The van der Waals surface area contributed by atoms with Crippen LogP contribution in [-0.4, -0.2) is 36.4 Å². The van der Waals surface area contributed by atoms with Gasteiger partial charge in [0.05, 0.1) is 12.0 Å². The third kappa shape index (κ3) is 6.36. The quantitative estimate of drug-likeness (QED) is 0.666. The molecule has 0 aromatic carbocycles. The van der Waals surface area contributed by atoms with Crippen LogP contribution in [0.2, 0.25) is 0 Å². The number of nitrogens with one attached hydrogen (secondary N) is 1. The molecule has 3 unspecified atom stereocenters. The van der Waals surface area contributed by atoms with Crippen molar-refractivity contribution in [1.29, 1.82) is 0 Å². The van der Waals surface area contributed by atoms with Gasteiger partial charge in [0, 0.05) is 12.6 Å². The average molecular weight is 257 g/mol. The molecule has 0 aromatic rings. The standard InChI is InChI=1S/C14H27NO3/c1-11(14(16)17)5-3-6-12(2)15-9-8-13-7-4-10-18-13/h11-13,15H,3-10H2,1-2H3,(H,16,17). The van der Waals surface area contributed by atoms with Crippen LogP contribution in [0.15, 0.2) is 0 Å². The van der Waals surface area contributed by atoms with Gasteiger partial charge in [0.1, 0.15) is 0 Å². The van der Waals surface area contributed by atoms with E-state index in [0.29, 0.717) is 12.1 Å². The lowest BCUT2D eigenvalue weighted by atomic mass is 10.0. The van der Waals surface area contributed by atoms with Crippen LogP contribution >= 0.6 is 0 Å². The molecule has 0 radical (unpaired) electrons. The molecule has 2 N–H and O–H groups in total. The van der Waals surface area contributed by atoms with Crippen molar-refractivity contribution in [2.75, 3.05) is 13.2 Å². The predicted molar refractivity (Wildman–Crippen MR) is 71.7 cm³/mol. The van der Waals surface area contributed by atoms with Crippen molar-refractivity contribution in [3.05, 3.63) is 0 Å². The number of carbonyl (C=O) groups is 1. The molecule has 1 fully saturated rings. The van der Waals surface area contributed by atoms with E-state index < -0.39 is 5.97 Å². The summed E-state index contributed by atoms with van der Waals surface area (Å²) in [7, 11) is 0. The molecular weight excluding hydrogens is 230 g/mol. The number of rotatable bonds is 9. The Hall–Kier alpha value is -0.610. The fourth-order valence-electron chi connectivity index (χ4n) is 2.32. The highest BCUT2D eigenvalue weighted by molar-refractivity contribution is 5.69. The summed E-state index contributed by atoms with van der Waals surface area (Å²) in [4.78, 5) is 10.7. The molecule has 1 heterocycles. The predicted octanol–water partition coefficient (Wildman–Crippen LogP) is 2.42. The Morgan fingerprint density at radius 1 is 1.44 bits per heavy atom. The minimum atomic E-state index is -0.686. The second-order valence-electron chi connectivity index (χ2n) is 5.45. The molecule has 106 valence electrons. The first-order valence-corrected chi connectivity index (χ1v) is 7.17. The first-order chi connectivity index (χ1) is 8.59. The van der Waals surface area contributed by atoms with Gasteiger partial charge in [-0.05, 0) is 45.6 Å². The van der Waals surface area contributed by atoms with E-state index in [1.165, 1.54) is 12.8 Å². The highest BCUT2D eigenvalue weighted by atomic mass is 16.5. The topological polar surface area (TPSA) is 58.6 Å². The molecule has 0 spiro atoms. The number of hydrogen-bond acceptors (Lipinski definition) is 3. The van der Waals surface area contributed by atoms with Crippen molar-refractivity contribution in [3.63, 3.8) is 0 Å². The minimum absolute atomic E-state index is 0.218. The largest absolute Gasteiger partial charge is 0.481 e. The van der Waals surface area contributed by atoms with Crippen molar-refractivity contribution >= 4 is 5.97 Å². The maximum Gasteiger partial charge on any atom is 0.306 e. The first kappa shape index (κ1) is 15.4. The van der Waals surface area contributed by atoms with Crippen molar-refractivity contribution in [1.82, 2.24) is 5.32 Å². The molecule has 1 aliphatic heterocycles. The van der Waals surface area contributed by atoms with Gasteiger partial charge >= 0.3 is 5.97 Å². The zero-order chi connectivity index (χ0) is 13.4. The van der Waals surface area contributed by atoms with E-state index in [1.54, 1.807) is 6.92 Å². The molecule has 0 aromatic heterocycles. The Bertz CT molecular complexity index is 239. The molecule has 3 atom stereocenters. The molecule has 4 nitrogen and oxygen atoms in total. The van der Waals surface area contributed by atoms with Gasteiger partial charge in [-0.2, -0.15) is 0 Å². The number of hydrogen-bond donors (Lipinski definition) is 2. The van der Waals surface area contributed by atoms with E-state index in [9.17, 15) is 4.79 Å². The second-order valence-corrected chi connectivity index (χ2v) is 5.45. The van der Waals surface area contributed by atoms with E-state index in [4.69, 9.17) is 9.84 Å². The summed E-state index contributed by atoms with van der Waals surface area (Å²) in [6.07, 6.45) is 6.74. The average Bonchev–Trinajstić information content (AvgIpc) is 2.81. The number of carboxylic acids is 1. The summed E-state index contributed by atoms with van der Waals surface area (Å²) in [6, 6.07) is 0.465. The Labute approximate surface area is 110 Å². The smallest absolute Gasteiger partial charge is 0.306 e. The van der Waals surface area contributed by atoms with Crippen molar-refractivity contribution < 1.29 is 14.6 Å². The van der Waals surface area contributed by atoms with Crippen LogP contribution in [0.4, 0.5) is 0 Å². The van der Waals surface area contributed by atoms with Crippen LogP contribution in [0.3, 0.4) is 0 Å². The Morgan fingerprint density at radius 2 is 2.22 bits per heavy atom. The van der Waals surface area contributed by atoms with E-state index in [0.717, 1.165) is 38.8 Å². The molecule has 0 amide bonds. The maximum absolute atomic E-state index is 10.7. The van der Waals surface area contributed by atoms with Crippen molar-refractivity contribution in [3.8, 4) is 0 Å². The molecule has 4 heteroatoms. The number of aliphatic carboxylic acids is 1. The Kier molecular flexibility index (Phi) is 7.28. The summed E-state index contributed by atoms with van der Waals surface area (Å²) < 4.78 is 5.57. The molecule has 0 bridgehead atoms. The van der Waals surface area contributed by atoms with Gasteiger partial charge in [0.2, 0.25) is 0 Å². The molecule has 1 aliphatic rings. The molecule has 1 saturated heterocycles. The van der Waals surface area contributed by atoms with Crippen LogP contribution in [0, 0.1) is 5.92 Å². The normalized spacial score (nSPS) is 22.9.